The fraction of sp³-hybridized carbons (Fsp3) is 0.588. The van der Waals surface area contributed by atoms with Gasteiger partial charge in [-0.3, -0.25) is 4.79 Å². The minimum Gasteiger partial charge on any atom is -0.497 e. The molecule has 0 aromatic heterocycles. The Kier molecular flexibility index (Phi) is 9.35. The van der Waals surface area contributed by atoms with Crippen LogP contribution in [-0.4, -0.2) is 58.5 Å². The highest BCUT2D eigenvalue weighted by molar-refractivity contribution is 5.85. The van der Waals surface area contributed by atoms with Crippen LogP contribution < -0.4 is 20.3 Å². The van der Waals surface area contributed by atoms with Crippen molar-refractivity contribution >= 4 is 36.4 Å². The van der Waals surface area contributed by atoms with E-state index in [0.717, 1.165) is 38.3 Å². The Morgan fingerprint density at radius 2 is 2.28 bits per heavy atom. The molecule has 1 amide bonds. The number of carbonyl (C=O) groups excluding carboxylic acids is 1. The summed E-state index contributed by atoms with van der Waals surface area (Å²) >= 11 is 0. The summed E-state index contributed by atoms with van der Waals surface area (Å²) in [6, 6.07) is 7.92. The highest BCUT2D eigenvalue weighted by Gasteiger charge is 2.25. The maximum Gasteiger partial charge on any atom is 0.239 e. The van der Waals surface area contributed by atoms with Crippen LogP contribution in [0.2, 0.25) is 0 Å². The lowest BCUT2D eigenvalue weighted by molar-refractivity contribution is -0.126. The molecule has 2 saturated heterocycles. The number of amides is 1. The summed E-state index contributed by atoms with van der Waals surface area (Å²) in [6.45, 7) is 4.58. The fourth-order valence-electron chi connectivity index (χ4n) is 3.14. The van der Waals surface area contributed by atoms with Gasteiger partial charge in [-0.2, -0.15) is 0 Å². The smallest absolute Gasteiger partial charge is 0.239 e. The fourth-order valence-corrected chi connectivity index (χ4v) is 3.14. The van der Waals surface area contributed by atoms with Gasteiger partial charge < -0.3 is 25.0 Å². The van der Waals surface area contributed by atoms with Crippen molar-refractivity contribution in [3.63, 3.8) is 0 Å². The Morgan fingerprint density at radius 1 is 1.44 bits per heavy atom. The molecule has 6 nitrogen and oxygen atoms in total. The lowest BCUT2D eigenvalue weighted by Gasteiger charge is -2.24. The number of nitrogens with zero attached hydrogens (tertiary/aromatic N) is 1. The maximum atomic E-state index is 12.1. The highest BCUT2D eigenvalue weighted by Crippen LogP contribution is 2.26. The number of anilines is 1. The molecule has 0 radical (unpaired) electrons. The lowest BCUT2D eigenvalue weighted by atomic mass is 10.1. The van der Waals surface area contributed by atoms with Crippen molar-refractivity contribution in [1.29, 1.82) is 0 Å². The second-order valence-corrected chi connectivity index (χ2v) is 6.13. The average Bonchev–Trinajstić information content (AvgIpc) is 3.09. The molecular weight excluding hydrogens is 365 g/mol. The third-order valence-corrected chi connectivity index (χ3v) is 4.51. The lowest BCUT2D eigenvalue weighted by Crippen LogP contribution is -2.52. The average molecular weight is 392 g/mol. The zero-order chi connectivity index (χ0) is 16.1. The van der Waals surface area contributed by atoms with Crippen molar-refractivity contribution in [2.45, 2.75) is 12.5 Å². The van der Waals surface area contributed by atoms with Crippen LogP contribution in [0.5, 0.6) is 5.75 Å². The minimum atomic E-state index is -0.209. The number of hydrogen-bond acceptors (Lipinski definition) is 5. The quantitative estimate of drug-likeness (QED) is 0.795. The summed E-state index contributed by atoms with van der Waals surface area (Å²) in [7, 11) is 1.68. The van der Waals surface area contributed by atoms with Gasteiger partial charge in [0, 0.05) is 37.9 Å². The Labute approximate surface area is 161 Å². The van der Waals surface area contributed by atoms with Crippen LogP contribution in [0.1, 0.15) is 6.42 Å². The molecule has 1 aromatic rings. The molecule has 0 spiro atoms. The third kappa shape index (κ3) is 5.92. The molecule has 8 heteroatoms. The van der Waals surface area contributed by atoms with Crippen LogP contribution in [0, 0.1) is 5.92 Å². The van der Waals surface area contributed by atoms with Crippen molar-refractivity contribution in [2.24, 2.45) is 5.92 Å². The number of nitrogens with one attached hydrogen (secondary N) is 2. The normalized spacial score (nSPS) is 22.5. The number of halogens is 2. The van der Waals surface area contributed by atoms with Crippen molar-refractivity contribution in [3.05, 3.63) is 24.3 Å². The molecule has 2 heterocycles. The summed E-state index contributed by atoms with van der Waals surface area (Å²) in [5, 5.41) is 6.24. The van der Waals surface area contributed by atoms with Gasteiger partial charge in [-0.15, -0.1) is 24.8 Å². The van der Waals surface area contributed by atoms with Gasteiger partial charge in [-0.25, -0.2) is 0 Å². The molecule has 0 aliphatic carbocycles. The summed E-state index contributed by atoms with van der Waals surface area (Å²) < 4.78 is 10.6. The molecule has 2 N–H and O–H groups in total. The van der Waals surface area contributed by atoms with Gasteiger partial charge in [0.25, 0.3) is 0 Å². The number of carbonyl (C=O) groups is 1. The molecule has 1 aromatic carbocycles. The Bertz CT molecular complexity index is 542. The molecule has 3 rings (SSSR count). The topological polar surface area (TPSA) is 62.8 Å². The first-order valence-corrected chi connectivity index (χ1v) is 8.24. The van der Waals surface area contributed by atoms with E-state index < -0.39 is 0 Å². The van der Waals surface area contributed by atoms with E-state index >= 15 is 0 Å². The first-order chi connectivity index (χ1) is 11.3. The number of hydrogen-bond donors (Lipinski definition) is 2. The van der Waals surface area contributed by atoms with Gasteiger partial charge in [-0.1, -0.05) is 6.07 Å². The minimum absolute atomic E-state index is 0. The largest absolute Gasteiger partial charge is 0.497 e. The molecule has 0 saturated carbocycles. The number of ether oxygens (including phenoxy) is 2. The SMILES string of the molecule is COc1cccc(N2CCC(CNC(=O)C3COCCN3)C2)c1.Cl.Cl. The van der Waals surface area contributed by atoms with Gasteiger partial charge in [-0.05, 0) is 24.5 Å². The first-order valence-electron chi connectivity index (χ1n) is 8.24. The van der Waals surface area contributed by atoms with Gasteiger partial charge in [0.15, 0.2) is 0 Å². The zero-order valence-electron chi connectivity index (χ0n) is 14.4. The summed E-state index contributed by atoms with van der Waals surface area (Å²) in [5.74, 6) is 1.40. The molecule has 2 aliphatic rings. The second kappa shape index (κ2) is 10.7. The van der Waals surface area contributed by atoms with E-state index in [-0.39, 0.29) is 36.8 Å². The van der Waals surface area contributed by atoms with E-state index in [0.29, 0.717) is 19.1 Å². The van der Waals surface area contributed by atoms with E-state index in [9.17, 15) is 4.79 Å². The number of morpholine rings is 1. The van der Waals surface area contributed by atoms with Gasteiger partial charge >= 0.3 is 0 Å². The van der Waals surface area contributed by atoms with Gasteiger partial charge in [0.1, 0.15) is 11.8 Å². The zero-order valence-corrected chi connectivity index (χ0v) is 16.0. The van der Waals surface area contributed by atoms with E-state index in [2.05, 4.69) is 27.7 Å². The summed E-state index contributed by atoms with van der Waals surface area (Å²) in [5.41, 5.74) is 1.18. The van der Waals surface area contributed by atoms with E-state index in [1.54, 1.807) is 7.11 Å². The highest BCUT2D eigenvalue weighted by atomic mass is 35.5. The Hall–Kier alpha value is -1.21. The monoisotopic (exact) mass is 391 g/mol. The van der Waals surface area contributed by atoms with Crippen LogP contribution in [0.4, 0.5) is 5.69 Å². The number of benzene rings is 1. The molecule has 142 valence electrons. The first kappa shape index (κ1) is 21.8. The third-order valence-electron chi connectivity index (χ3n) is 4.51. The molecule has 2 unspecified atom stereocenters. The van der Waals surface area contributed by atoms with Crippen LogP contribution in [-0.2, 0) is 9.53 Å². The number of methoxy groups -OCH3 is 1. The van der Waals surface area contributed by atoms with Crippen molar-refractivity contribution < 1.29 is 14.3 Å². The summed E-state index contributed by atoms with van der Waals surface area (Å²) in [6.07, 6.45) is 1.09. The van der Waals surface area contributed by atoms with Crippen LogP contribution in [0.3, 0.4) is 0 Å². The van der Waals surface area contributed by atoms with Gasteiger partial charge in [0.2, 0.25) is 5.91 Å². The predicted molar refractivity (Wildman–Crippen MR) is 103 cm³/mol. The van der Waals surface area contributed by atoms with Gasteiger partial charge in [0.05, 0.1) is 20.3 Å². The Morgan fingerprint density at radius 3 is 3.00 bits per heavy atom. The molecule has 2 aliphatic heterocycles. The van der Waals surface area contributed by atoms with E-state index in [4.69, 9.17) is 9.47 Å². The van der Waals surface area contributed by atoms with Crippen LogP contribution in [0.15, 0.2) is 24.3 Å². The molecular formula is C17H27Cl2N3O3. The molecule has 2 atom stereocenters. The second-order valence-electron chi connectivity index (χ2n) is 6.13. The van der Waals surface area contributed by atoms with Crippen LogP contribution in [0.25, 0.3) is 0 Å². The van der Waals surface area contributed by atoms with Crippen LogP contribution >= 0.6 is 24.8 Å². The Balaban J connectivity index is 0.00000156. The van der Waals surface area contributed by atoms with Crippen molar-refractivity contribution in [3.8, 4) is 5.75 Å². The van der Waals surface area contributed by atoms with E-state index in [1.165, 1.54) is 5.69 Å². The van der Waals surface area contributed by atoms with Crippen molar-refractivity contribution in [2.75, 3.05) is 51.4 Å². The standard InChI is InChI=1S/C17H25N3O3.2ClH/c1-22-15-4-2-3-14(9-15)20-7-5-13(11-20)10-19-17(21)16-12-23-8-6-18-16;;/h2-4,9,13,16,18H,5-8,10-12H2,1H3,(H,19,21);2*1H. The van der Waals surface area contributed by atoms with E-state index in [1.807, 2.05) is 12.1 Å². The molecule has 25 heavy (non-hydrogen) atoms. The predicted octanol–water partition coefficient (Wildman–Crippen LogP) is 1.47. The summed E-state index contributed by atoms with van der Waals surface area (Å²) in [4.78, 5) is 14.5. The number of rotatable bonds is 5. The maximum absolute atomic E-state index is 12.1. The molecule has 0 bridgehead atoms. The molecule has 2 fully saturated rings. The van der Waals surface area contributed by atoms with Crippen molar-refractivity contribution in [1.82, 2.24) is 10.6 Å².